The lowest BCUT2D eigenvalue weighted by Crippen LogP contribution is -2.39. The molecule has 0 N–H and O–H groups in total. The minimum absolute atomic E-state index is 0.227. The molecule has 0 bridgehead atoms. The van der Waals surface area contributed by atoms with Crippen LogP contribution in [0.1, 0.15) is 31.0 Å². The van der Waals surface area contributed by atoms with E-state index in [1.165, 1.54) is 17.1 Å². The van der Waals surface area contributed by atoms with Gasteiger partial charge in [0, 0.05) is 30.7 Å². The molecular weight excluding hydrogens is 282 g/mol. The van der Waals surface area contributed by atoms with Crippen LogP contribution in [0.5, 0.6) is 5.75 Å². The van der Waals surface area contributed by atoms with Crippen molar-refractivity contribution in [3.05, 3.63) is 41.5 Å². The Bertz CT molecular complexity index is 620. The molecule has 0 spiro atoms. The van der Waals surface area contributed by atoms with Gasteiger partial charge in [0.05, 0.1) is 18.8 Å². The number of hydrogen-bond acceptors (Lipinski definition) is 4. The fourth-order valence-corrected chi connectivity index (χ4v) is 3.24. The van der Waals surface area contributed by atoms with Crippen LogP contribution in [0.15, 0.2) is 30.4 Å². The van der Waals surface area contributed by atoms with E-state index in [-0.39, 0.29) is 17.9 Å². The molecule has 0 saturated carbocycles. The first-order chi connectivity index (χ1) is 10.7. The van der Waals surface area contributed by atoms with E-state index < -0.39 is 6.04 Å². The van der Waals surface area contributed by atoms with E-state index in [4.69, 9.17) is 9.47 Å². The fraction of sp³-hybridized carbons (Fsp3) is 0.412. The number of ether oxygens (including phenoxy) is 2. The first-order valence-corrected chi connectivity index (χ1v) is 7.58. The average molecular weight is 301 g/mol. The molecule has 22 heavy (non-hydrogen) atoms. The van der Waals surface area contributed by atoms with Gasteiger partial charge in [-0.3, -0.25) is 14.5 Å². The molecule has 3 rings (SSSR count). The van der Waals surface area contributed by atoms with Gasteiger partial charge in [-0.25, -0.2) is 0 Å². The van der Waals surface area contributed by atoms with Gasteiger partial charge in [0.2, 0.25) is 0 Å². The molecule has 1 heterocycles. The number of carbonyl (C=O) groups is 2. The summed E-state index contributed by atoms with van der Waals surface area (Å²) in [6.07, 6.45) is 3.07. The highest BCUT2D eigenvalue weighted by Gasteiger charge is 2.44. The standard InChI is InChI=1S/C17H19NO4/c1-3-21-12-7-5-6-11-10-13(22-4-2)17(16(11)12)18-14(19)8-9-15(18)20/h5-9,13,17H,3-4,10H2,1-2H3/t13-,17+/m0/s1. The molecular formula is C17H19NO4. The van der Waals surface area contributed by atoms with Gasteiger partial charge in [-0.05, 0) is 25.5 Å². The number of amides is 2. The molecule has 5 heteroatoms. The maximum atomic E-state index is 12.1. The largest absolute Gasteiger partial charge is 0.494 e. The van der Waals surface area contributed by atoms with Crippen LogP contribution in [0, 0.1) is 0 Å². The zero-order valence-electron chi connectivity index (χ0n) is 12.7. The van der Waals surface area contributed by atoms with Crippen molar-refractivity contribution in [3.8, 4) is 5.75 Å². The molecule has 5 nitrogen and oxygen atoms in total. The summed E-state index contributed by atoms with van der Waals surface area (Å²) in [6.45, 7) is 4.89. The van der Waals surface area contributed by atoms with E-state index in [0.29, 0.717) is 19.6 Å². The van der Waals surface area contributed by atoms with Gasteiger partial charge in [0.25, 0.3) is 11.8 Å². The summed E-state index contributed by atoms with van der Waals surface area (Å²) in [7, 11) is 0. The van der Waals surface area contributed by atoms with Crippen LogP contribution in [0.2, 0.25) is 0 Å². The van der Waals surface area contributed by atoms with Crippen molar-refractivity contribution in [2.45, 2.75) is 32.4 Å². The van der Waals surface area contributed by atoms with Gasteiger partial charge in [-0.15, -0.1) is 0 Å². The second-order valence-corrected chi connectivity index (χ2v) is 5.28. The summed E-state index contributed by atoms with van der Waals surface area (Å²) in [6, 6.07) is 5.39. The van der Waals surface area contributed by atoms with Gasteiger partial charge >= 0.3 is 0 Å². The van der Waals surface area contributed by atoms with Crippen molar-refractivity contribution < 1.29 is 19.1 Å². The van der Waals surface area contributed by atoms with Gasteiger partial charge in [-0.1, -0.05) is 12.1 Å². The van der Waals surface area contributed by atoms with Gasteiger partial charge < -0.3 is 9.47 Å². The van der Waals surface area contributed by atoms with Crippen LogP contribution < -0.4 is 4.74 Å². The Morgan fingerprint density at radius 2 is 1.86 bits per heavy atom. The summed E-state index contributed by atoms with van der Waals surface area (Å²) in [5.41, 5.74) is 1.97. The molecule has 1 aromatic carbocycles. The molecule has 1 aliphatic heterocycles. The van der Waals surface area contributed by atoms with E-state index in [9.17, 15) is 9.59 Å². The molecule has 0 unspecified atom stereocenters. The molecule has 0 saturated heterocycles. The minimum atomic E-state index is -0.423. The summed E-state index contributed by atoms with van der Waals surface area (Å²) in [5, 5.41) is 0. The quantitative estimate of drug-likeness (QED) is 0.781. The lowest BCUT2D eigenvalue weighted by Gasteiger charge is -2.29. The van der Waals surface area contributed by atoms with E-state index >= 15 is 0 Å². The average Bonchev–Trinajstić information content (AvgIpc) is 3.01. The number of imide groups is 1. The minimum Gasteiger partial charge on any atom is -0.494 e. The Balaban J connectivity index is 2.06. The lowest BCUT2D eigenvalue weighted by atomic mass is 10.0. The molecule has 1 aliphatic carbocycles. The first kappa shape index (κ1) is 14.8. The van der Waals surface area contributed by atoms with Crippen molar-refractivity contribution in [2.24, 2.45) is 0 Å². The Morgan fingerprint density at radius 1 is 1.14 bits per heavy atom. The Kier molecular flexibility index (Phi) is 3.98. The van der Waals surface area contributed by atoms with Crippen molar-refractivity contribution in [2.75, 3.05) is 13.2 Å². The maximum Gasteiger partial charge on any atom is 0.254 e. The highest BCUT2D eigenvalue weighted by atomic mass is 16.5. The first-order valence-electron chi connectivity index (χ1n) is 7.58. The molecule has 2 atom stereocenters. The van der Waals surface area contributed by atoms with E-state index in [2.05, 4.69) is 0 Å². The predicted molar refractivity (Wildman–Crippen MR) is 80.5 cm³/mol. The number of nitrogens with zero attached hydrogens (tertiary/aromatic N) is 1. The van der Waals surface area contributed by atoms with Crippen molar-refractivity contribution in [1.29, 1.82) is 0 Å². The molecule has 2 aliphatic rings. The second-order valence-electron chi connectivity index (χ2n) is 5.28. The number of carbonyl (C=O) groups excluding carboxylic acids is 2. The lowest BCUT2D eigenvalue weighted by molar-refractivity contribution is -0.143. The van der Waals surface area contributed by atoms with Gasteiger partial charge in [-0.2, -0.15) is 0 Å². The Morgan fingerprint density at radius 3 is 2.50 bits per heavy atom. The smallest absolute Gasteiger partial charge is 0.254 e. The SMILES string of the molecule is CCOc1cccc2c1[C@H](N1C(=O)C=CC1=O)[C@@H](OCC)C2. The van der Waals surface area contributed by atoms with Crippen molar-refractivity contribution >= 4 is 11.8 Å². The molecule has 116 valence electrons. The molecule has 0 aromatic heterocycles. The van der Waals surface area contributed by atoms with Crippen molar-refractivity contribution in [3.63, 3.8) is 0 Å². The van der Waals surface area contributed by atoms with Crippen LogP contribution in [0.3, 0.4) is 0 Å². The Hall–Kier alpha value is -2.14. The zero-order chi connectivity index (χ0) is 15.7. The van der Waals surface area contributed by atoms with Gasteiger partial charge in [0.1, 0.15) is 5.75 Å². The van der Waals surface area contributed by atoms with E-state index in [0.717, 1.165) is 16.9 Å². The topological polar surface area (TPSA) is 55.8 Å². The third-order valence-corrected chi connectivity index (χ3v) is 4.03. The summed E-state index contributed by atoms with van der Waals surface area (Å²) < 4.78 is 11.5. The van der Waals surface area contributed by atoms with Crippen LogP contribution in [-0.2, 0) is 20.7 Å². The highest BCUT2D eigenvalue weighted by Crippen LogP contribution is 2.44. The van der Waals surface area contributed by atoms with Crippen LogP contribution in [-0.4, -0.2) is 36.0 Å². The van der Waals surface area contributed by atoms with Gasteiger partial charge in [0.15, 0.2) is 0 Å². The molecule has 0 fully saturated rings. The second kappa shape index (κ2) is 5.93. The normalized spacial score (nSPS) is 23.3. The summed E-state index contributed by atoms with van der Waals surface area (Å²) >= 11 is 0. The van der Waals surface area contributed by atoms with Crippen LogP contribution in [0.4, 0.5) is 0 Å². The molecule has 2 amide bonds. The fourth-order valence-electron chi connectivity index (χ4n) is 3.24. The van der Waals surface area contributed by atoms with E-state index in [1.807, 2.05) is 32.0 Å². The van der Waals surface area contributed by atoms with E-state index in [1.54, 1.807) is 0 Å². The summed E-state index contributed by atoms with van der Waals surface area (Å²) in [4.78, 5) is 25.5. The summed E-state index contributed by atoms with van der Waals surface area (Å²) in [5.74, 6) is 0.136. The Labute approximate surface area is 129 Å². The third kappa shape index (κ3) is 2.31. The zero-order valence-corrected chi connectivity index (χ0v) is 12.7. The molecule has 0 radical (unpaired) electrons. The number of rotatable bonds is 5. The highest BCUT2D eigenvalue weighted by molar-refractivity contribution is 6.13. The number of benzene rings is 1. The number of fused-ring (bicyclic) bond motifs is 1. The maximum absolute atomic E-state index is 12.1. The number of hydrogen-bond donors (Lipinski definition) is 0. The monoisotopic (exact) mass is 301 g/mol. The predicted octanol–water partition coefficient (Wildman–Crippen LogP) is 2.01. The van der Waals surface area contributed by atoms with Crippen LogP contribution in [0.25, 0.3) is 0 Å². The molecule has 1 aromatic rings. The van der Waals surface area contributed by atoms with Crippen LogP contribution >= 0.6 is 0 Å². The van der Waals surface area contributed by atoms with Crippen molar-refractivity contribution in [1.82, 2.24) is 4.90 Å². The third-order valence-electron chi connectivity index (χ3n) is 4.03.